The van der Waals surface area contributed by atoms with Crippen LogP contribution in [0, 0.1) is 0 Å². The predicted octanol–water partition coefficient (Wildman–Crippen LogP) is 7.47. The molecule has 3 amide bonds. The Morgan fingerprint density at radius 2 is 1.49 bits per heavy atom. The lowest BCUT2D eigenvalue weighted by atomic mass is 9.95. The van der Waals surface area contributed by atoms with E-state index in [1.807, 2.05) is 54.6 Å². The van der Waals surface area contributed by atoms with Gasteiger partial charge in [-0.3, -0.25) is 24.1 Å². The molecular formula is C45H52N4O7S. The number of benzene rings is 3. The molecule has 0 radical (unpaired) electrons. The molecule has 12 heteroatoms. The minimum atomic E-state index is -0.363. The molecule has 11 nitrogen and oxygen atoms in total. The van der Waals surface area contributed by atoms with E-state index >= 15 is 0 Å². The van der Waals surface area contributed by atoms with Gasteiger partial charge in [-0.25, -0.2) is 4.79 Å². The smallest absolute Gasteiger partial charge is 0.337 e. The summed E-state index contributed by atoms with van der Waals surface area (Å²) in [5.74, 6) is -1.31. The zero-order chi connectivity index (χ0) is 40.3. The number of fused-ring (bicyclic) bond motifs is 1. The molecule has 6 rings (SSSR count). The summed E-state index contributed by atoms with van der Waals surface area (Å²) in [6.07, 6.45) is 7.72. The monoisotopic (exact) mass is 792 g/mol. The average molecular weight is 793 g/mol. The van der Waals surface area contributed by atoms with Gasteiger partial charge in [-0.2, -0.15) is 0 Å². The predicted molar refractivity (Wildman–Crippen MR) is 222 cm³/mol. The number of likely N-dealkylation sites (N-methyl/N-ethyl adjacent to an activating group) is 1. The molecule has 2 N–H and O–H groups in total. The van der Waals surface area contributed by atoms with Gasteiger partial charge in [0.15, 0.2) is 0 Å². The van der Waals surface area contributed by atoms with E-state index in [1.54, 1.807) is 37.1 Å². The van der Waals surface area contributed by atoms with Gasteiger partial charge in [0, 0.05) is 55.3 Å². The Labute approximate surface area is 338 Å². The number of methoxy groups -OCH3 is 1. The molecule has 0 saturated heterocycles. The first-order valence-corrected chi connectivity index (χ1v) is 20.7. The topological polar surface area (TPSA) is 134 Å². The van der Waals surface area contributed by atoms with Crippen molar-refractivity contribution >= 4 is 51.7 Å². The van der Waals surface area contributed by atoms with Gasteiger partial charge in [-0.05, 0) is 117 Å². The number of thiophene rings is 1. The Bertz CT molecular complexity index is 2060. The lowest BCUT2D eigenvalue weighted by Gasteiger charge is -2.26. The van der Waals surface area contributed by atoms with Crippen molar-refractivity contribution in [1.29, 1.82) is 0 Å². The fourth-order valence-electron chi connectivity index (χ4n) is 7.14. The number of anilines is 2. The lowest BCUT2D eigenvalue weighted by molar-refractivity contribution is -0.145. The molecule has 0 bridgehead atoms. The Morgan fingerprint density at radius 3 is 2.18 bits per heavy atom. The van der Waals surface area contributed by atoms with Gasteiger partial charge in [-0.15, -0.1) is 11.3 Å². The number of nitrogens with one attached hydrogen (secondary N) is 2. The number of nitrogens with zero attached hydrogens (tertiary/aromatic N) is 2. The number of esters is 2. The van der Waals surface area contributed by atoms with Gasteiger partial charge in [-0.1, -0.05) is 36.4 Å². The third kappa shape index (κ3) is 11.4. The number of ether oxygens (including phenoxy) is 2. The molecule has 57 heavy (non-hydrogen) atoms. The second kappa shape index (κ2) is 19.7. The summed E-state index contributed by atoms with van der Waals surface area (Å²) in [7, 11) is 3.13. The highest BCUT2D eigenvalue weighted by Crippen LogP contribution is 2.39. The molecule has 2 aliphatic carbocycles. The number of amides is 3. The van der Waals surface area contributed by atoms with Crippen molar-refractivity contribution in [2.75, 3.05) is 44.5 Å². The zero-order valence-electron chi connectivity index (χ0n) is 33.1. The van der Waals surface area contributed by atoms with Crippen LogP contribution in [0.4, 0.5) is 10.7 Å². The van der Waals surface area contributed by atoms with Crippen LogP contribution in [0.15, 0.2) is 72.8 Å². The van der Waals surface area contributed by atoms with E-state index in [0.29, 0.717) is 59.7 Å². The number of hydrogen-bond donors (Lipinski definition) is 2. The normalized spacial score (nSPS) is 13.4. The van der Waals surface area contributed by atoms with Crippen molar-refractivity contribution in [3.05, 3.63) is 117 Å². The molecule has 0 unspecified atom stereocenters. The van der Waals surface area contributed by atoms with Crippen LogP contribution in [-0.4, -0.2) is 79.4 Å². The van der Waals surface area contributed by atoms with Crippen molar-refractivity contribution in [3.8, 4) is 0 Å². The number of carbonyl (C=O) groups excluding carboxylic acids is 5. The Balaban J connectivity index is 1.07. The maximum Gasteiger partial charge on any atom is 0.337 e. The second-order valence-electron chi connectivity index (χ2n) is 14.7. The van der Waals surface area contributed by atoms with Crippen LogP contribution in [0.3, 0.4) is 0 Å². The molecule has 1 heterocycles. The highest BCUT2D eigenvalue weighted by Gasteiger charge is 2.30. The molecule has 0 aliphatic heterocycles. The Morgan fingerprint density at radius 1 is 0.789 bits per heavy atom. The zero-order valence-corrected chi connectivity index (χ0v) is 33.9. The molecule has 1 saturated carbocycles. The second-order valence-corrected chi connectivity index (χ2v) is 15.8. The first-order chi connectivity index (χ1) is 27.6. The van der Waals surface area contributed by atoms with E-state index in [4.69, 9.17) is 9.47 Å². The largest absolute Gasteiger partial charge is 0.466 e. The van der Waals surface area contributed by atoms with Crippen molar-refractivity contribution in [1.82, 2.24) is 9.80 Å². The van der Waals surface area contributed by atoms with Crippen molar-refractivity contribution in [2.24, 2.45) is 0 Å². The lowest BCUT2D eigenvalue weighted by Crippen LogP contribution is -2.37. The summed E-state index contributed by atoms with van der Waals surface area (Å²) >= 11 is 1.50. The summed E-state index contributed by atoms with van der Waals surface area (Å²) in [5, 5.41) is 6.76. The summed E-state index contributed by atoms with van der Waals surface area (Å²) in [5.41, 5.74) is 6.51. The molecule has 300 valence electrons. The number of aryl methyl sites for hydroxylation is 3. The highest BCUT2D eigenvalue weighted by atomic mass is 32.1. The quantitative estimate of drug-likeness (QED) is 0.0992. The van der Waals surface area contributed by atoms with Crippen LogP contribution in [0.5, 0.6) is 0 Å². The number of carbonyl (C=O) groups is 5. The van der Waals surface area contributed by atoms with E-state index in [-0.39, 0.29) is 42.5 Å². The van der Waals surface area contributed by atoms with E-state index in [0.717, 1.165) is 78.5 Å². The average Bonchev–Trinajstić information content (AvgIpc) is 4.01. The third-order valence-corrected chi connectivity index (χ3v) is 11.8. The minimum Gasteiger partial charge on any atom is -0.466 e. The molecular weight excluding hydrogens is 741 g/mol. The van der Waals surface area contributed by atoms with Crippen LogP contribution < -0.4 is 10.6 Å². The van der Waals surface area contributed by atoms with Crippen LogP contribution in [0.25, 0.3) is 0 Å². The summed E-state index contributed by atoms with van der Waals surface area (Å²) < 4.78 is 9.73. The molecule has 3 aromatic carbocycles. The van der Waals surface area contributed by atoms with Gasteiger partial charge in [0.05, 0.1) is 31.3 Å². The molecule has 2 aliphatic rings. The standard InChI is InChI=1S/C45H52N4O7S/c1-4-56-40(51)25-24-39(50)48(2)26-27-49(36-22-23-36)29-32-8-7-9-34(28-32)42(52)47-44-41(37-10-5-6-11-38(37)57-44)43(53)46-35-20-16-31(17-21-35)13-12-30-14-18-33(19-15-30)45(54)55-3/h7-9,14-21,28,36H,4-6,10-13,22-27,29H2,1-3H3,(H,46,53)(H,47,52). The maximum atomic E-state index is 13.9. The van der Waals surface area contributed by atoms with E-state index in [1.165, 1.54) is 18.4 Å². The van der Waals surface area contributed by atoms with Crippen molar-refractivity contribution < 1.29 is 33.4 Å². The molecule has 0 atom stereocenters. The fourth-order valence-corrected chi connectivity index (χ4v) is 8.43. The number of rotatable bonds is 18. The van der Waals surface area contributed by atoms with Crippen LogP contribution in [-0.2, 0) is 51.3 Å². The van der Waals surface area contributed by atoms with Gasteiger partial charge in [0.1, 0.15) is 5.00 Å². The SMILES string of the molecule is CCOC(=O)CCC(=O)N(C)CCN(Cc1cccc(C(=O)Nc2sc3c(c2C(=O)Nc2ccc(CCc4ccc(C(=O)OC)cc4)cc2)CCCC3)c1)C1CC1. The first-order valence-electron chi connectivity index (χ1n) is 19.9. The Hall–Kier alpha value is -5.33. The van der Waals surface area contributed by atoms with Crippen LogP contribution >= 0.6 is 11.3 Å². The fraction of sp³-hybridized carbons (Fsp3) is 0.400. The third-order valence-electron chi connectivity index (χ3n) is 10.5. The molecule has 0 spiro atoms. The van der Waals surface area contributed by atoms with Gasteiger partial charge >= 0.3 is 11.9 Å². The van der Waals surface area contributed by atoms with E-state index < -0.39 is 0 Å². The van der Waals surface area contributed by atoms with Gasteiger partial charge in [0.2, 0.25) is 5.91 Å². The summed E-state index contributed by atoms with van der Waals surface area (Å²) in [4.78, 5) is 69.0. The Kier molecular flexibility index (Phi) is 14.3. The summed E-state index contributed by atoms with van der Waals surface area (Å²) in [6.45, 7) is 3.90. The molecule has 4 aromatic rings. The number of hydrogen-bond acceptors (Lipinski definition) is 9. The minimum absolute atomic E-state index is 0.0763. The summed E-state index contributed by atoms with van der Waals surface area (Å²) in [6, 6.07) is 23.3. The highest BCUT2D eigenvalue weighted by molar-refractivity contribution is 7.17. The van der Waals surface area contributed by atoms with Crippen molar-refractivity contribution in [2.45, 2.75) is 83.7 Å². The molecule has 1 fully saturated rings. The van der Waals surface area contributed by atoms with E-state index in [9.17, 15) is 24.0 Å². The van der Waals surface area contributed by atoms with Gasteiger partial charge < -0.3 is 25.0 Å². The van der Waals surface area contributed by atoms with Crippen molar-refractivity contribution in [3.63, 3.8) is 0 Å². The molecule has 1 aromatic heterocycles. The first kappa shape index (κ1) is 41.3. The van der Waals surface area contributed by atoms with Crippen LogP contribution in [0.2, 0.25) is 0 Å². The maximum absolute atomic E-state index is 13.9. The van der Waals surface area contributed by atoms with Crippen LogP contribution in [0.1, 0.15) is 104 Å². The van der Waals surface area contributed by atoms with E-state index in [2.05, 4.69) is 15.5 Å². The van der Waals surface area contributed by atoms with Gasteiger partial charge in [0.25, 0.3) is 11.8 Å².